The third-order valence-electron chi connectivity index (χ3n) is 2.36. The van der Waals surface area contributed by atoms with Crippen LogP contribution in [-0.2, 0) is 15.7 Å². The fourth-order valence-corrected chi connectivity index (χ4v) is 1.58. The average molecular weight is 243 g/mol. The standard InChI is InChI=1S/C11H8F3NO2/c12-11(13,14)7-3-1-2-6(4-7)9-8(16)5-17-10(9)15/h1-4H,5,15H2. The van der Waals surface area contributed by atoms with Gasteiger partial charge in [-0.3, -0.25) is 4.79 Å². The Morgan fingerprint density at radius 3 is 2.53 bits per heavy atom. The van der Waals surface area contributed by atoms with Gasteiger partial charge >= 0.3 is 6.18 Å². The summed E-state index contributed by atoms with van der Waals surface area (Å²) in [6.45, 7) is -0.225. The number of ether oxygens (including phenoxy) is 1. The Morgan fingerprint density at radius 2 is 2.00 bits per heavy atom. The minimum absolute atomic E-state index is 0.0103. The lowest BCUT2D eigenvalue weighted by Crippen LogP contribution is -2.07. The highest BCUT2D eigenvalue weighted by molar-refractivity contribution is 6.23. The second-order valence-electron chi connectivity index (χ2n) is 3.53. The van der Waals surface area contributed by atoms with Gasteiger partial charge in [0.1, 0.15) is 0 Å². The summed E-state index contributed by atoms with van der Waals surface area (Å²) in [5.41, 5.74) is 4.73. The fourth-order valence-electron chi connectivity index (χ4n) is 1.58. The van der Waals surface area contributed by atoms with Crippen LogP contribution in [0.2, 0.25) is 0 Å². The molecule has 0 atom stereocenters. The smallest absolute Gasteiger partial charge is 0.416 e. The van der Waals surface area contributed by atoms with Crippen molar-refractivity contribution in [2.45, 2.75) is 6.18 Å². The molecule has 0 bridgehead atoms. The van der Waals surface area contributed by atoms with Crippen LogP contribution in [0.15, 0.2) is 30.1 Å². The Bertz CT molecular complexity index is 506. The number of hydrogen-bond donors (Lipinski definition) is 1. The molecule has 1 aromatic carbocycles. The van der Waals surface area contributed by atoms with E-state index in [0.717, 1.165) is 12.1 Å². The first kappa shape index (κ1) is 11.5. The Kier molecular flexibility index (Phi) is 2.57. The average Bonchev–Trinajstić information content (AvgIpc) is 2.57. The van der Waals surface area contributed by atoms with Gasteiger partial charge in [0.15, 0.2) is 12.5 Å². The number of carbonyl (C=O) groups is 1. The van der Waals surface area contributed by atoms with Gasteiger partial charge in [0.25, 0.3) is 0 Å². The summed E-state index contributed by atoms with van der Waals surface area (Å²) in [6.07, 6.45) is -4.45. The zero-order valence-electron chi connectivity index (χ0n) is 8.54. The van der Waals surface area contributed by atoms with Crippen molar-refractivity contribution in [3.8, 4) is 0 Å². The first-order chi connectivity index (χ1) is 7.89. The van der Waals surface area contributed by atoms with Crippen molar-refractivity contribution in [3.63, 3.8) is 0 Å². The number of benzene rings is 1. The molecule has 0 saturated heterocycles. The van der Waals surface area contributed by atoms with E-state index in [1.54, 1.807) is 0 Å². The Labute approximate surface area is 94.7 Å². The quantitative estimate of drug-likeness (QED) is 0.819. The summed E-state index contributed by atoms with van der Waals surface area (Å²) in [5, 5.41) is 0. The summed E-state index contributed by atoms with van der Waals surface area (Å²) < 4.78 is 42.2. The Balaban J connectivity index is 2.48. The van der Waals surface area contributed by atoms with Crippen LogP contribution >= 0.6 is 0 Å². The molecule has 1 aliphatic heterocycles. The van der Waals surface area contributed by atoms with Crippen LogP contribution in [0.1, 0.15) is 11.1 Å². The first-order valence-electron chi connectivity index (χ1n) is 4.73. The van der Waals surface area contributed by atoms with Crippen molar-refractivity contribution in [2.75, 3.05) is 6.61 Å². The van der Waals surface area contributed by atoms with Crippen molar-refractivity contribution >= 4 is 11.4 Å². The molecule has 0 unspecified atom stereocenters. The van der Waals surface area contributed by atoms with E-state index in [0.29, 0.717) is 0 Å². The topological polar surface area (TPSA) is 52.3 Å². The normalized spacial score (nSPS) is 16.3. The molecule has 0 radical (unpaired) electrons. The van der Waals surface area contributed by atoms with E-state index < -0.39 is 17.5 Å². The van der Waals surface area contributed by atoms with Crippen LogP contribution < -0.4 is 5.73 Å². The van der Waals surface area contributed by atoms with Gasteiger partial charge in [0.05, 0.1) is 11.1 Å². The molecular formula is C11H8F3NO2. The molecule has 2 rings (SSSR count). The van der Waals surface area contributed by atoms with Crippen molar-refractivity contribution in [2.24, 2.45) is 5.73 Å². The van der Waals surface area contributed by atoms with E-state index in [9.17, 15) is 18.0 Å². The third-order valence-corrected chi connectivity index (χ3v) is 2.36. The molecule has 1 aliphatic rings. The largest absolute Gasteiger partial charge is 0.470 e. The lowest BCUT2D eigenvalue weighted by Gasteiger charge is -2.08. The van der Waals surface area contributed by atoms with Crippen LogP contribution in [0.25, 0.3) is 5.57 Å². The molecule has 90 valence electrons. The maximum absolute atomic E-state index is 12.5. The zero-order valence-corrected chi connectivity index (χ0v) is 8.54. The highest BCUT2D eigenvalue weighted by atomic mass is 19.4. The lowest BCUT2D eigenvalue weighted by atomic mass is 10.0. The number of hydrogen-bond acceptors (Lipinski definition) is 3. The molecule has 0 saturated carbocycles. The third kappa shape index (κ3) is 2.11. The van der Waals surface area contributed by atoms with E-state index in [1.165, 1.54) is 12.1 Å². The minimum Gasteiger partial charge on any atom is -0.470 e. The van der Waals surface area contributed by atoms with Gasteiger partial charge in [0.2, 0.25) is 5.78 Å². The number of Topliss-reactive ketones (excluding diaryl/α,β-unsaturated/α-hetero) is 1. The number of rotatable bonds is 1. The molecule has 6 heteroatoms. The molecule has 17 heavy (non-hydrogen) atoms. The maximum Gasteiger partial charge on any atom is 0.416 e. The maximum atomic E-state index is 12.5. The highest BCUT2D eigenvalue weighted by Crippen LogP contribution is 2.32. The number of alkyl halides is 3. The summed E-state index contributed by atoms with van der Waals surface area (Å²) in [6, 6.07) is 4.43. The van der Waals surface area contributed by atoms with Gasteiger partial charge in [-0.05, 0) is 17.7 Å². The Hall–Kier alpha value is -1.98. The first-order valence-corrected chi connectivity index (χ1v) is 4.73. The van der Waals surface area contributed by atoms with Crippen molar-refractivity contribution in [1.29, 1.82) is 0 Å². The van der Waals surface area contributed by atoms with Crippen LogP contribution in [0.5, 0.6) is 0 Å². The minimum atomic E-state index is -4.45. The van der Waals surface area contributed by atoms with Gasteiger partial charge in [-0.25, -0.2) is 0 Å². The highest BCUT2D eigenvalue weighted by Gasteiger charge is 2.32. The summed E-state index contributed by atoms with van der Waals surface area (Å²) in [5.74, 6) is -0.545. The summed E-state index contributed by atoms with van der Waals surface area (Å²) in [7, 11) is 0. The van der Waals surface area contributed by atoms with E-state index in [-0.39, 0.29) is 23.6 Å². The lowest BCUT2D eigenvalue weighted by molar-refractivity contribution is -0.137. The molecule has 0 spiro atoms. The van der Waals surface area contributed by atoms with Crippen molar-refractivity contribution in [3.05, 3.63) is 41.3 Å². The molecule has 1 heterocycles. The second kappa shape index (κ2) is 3.80. The number of nitrogens with two attached hydrogens (primary N) is 1. The van der Waals surface area contributed by atoms with Gasteiger partial charge in [0, 0.05) is 0 Å². The molecule has 0 aromatic heterocycles. The predicted molar refractivity (Wildman–Crippen MR) is 53.5 cm³/mol. The summed E-state index contributed by atoms with van der Waals surface area (Å²) >= 11 is 0. The molecule has 0 aliphatic carbocycles. The molecule has 1 aromatic rings. The van der Waals surface area contributed by atoms with Gasteiger partial charge in [-0.1, -0.05) is 12.1 Å². The van der Waals surface area contributed by atoms with Gasteiger partial charge < -0.3 is 10.5 Å². The molecule has 3 nitrogen and oxygen atoms in total. The van der Waals surface area contributed by atoms with Crippen molar-refractivity contribution in [1.82, 2.24) is 0 Å². The van der Waals surface area contributed by atoms with E-state index in [4.69, 9.17) is 10.5 Å². The fraction of sp³-hybridized carbons (Fsp3) is 0.182. The molecule has 0 fully saturated rings. The number of ketones is 1. The van der Waals surface area contributed by atoms with Crippen LogP contribution in [0.4, 0.5) is 13.2 Å². The monoisotopic (exact) mass is 243 g/mol. The van der Waals surface area contributed by atoms with Gasteiger partial charge in [-0.15, -0.1) is 0 Å². The molecule has 2 N–H and O–H groups in total. The zero-order chi connectivity index (χ0) is 12.6. The SMILES string of the molecule is NC1=C(c2cccc(C(F)(F)F)c2)C(=O)CO1. The van der Waals surface area contributed by atoms with Crippen molar-refractivity contribution < 1.29 is 22.7 Å². The predicted octanol–water partition coefficient (Wildman–Crippen LogP) is 1.93. The second-order valence-corrected chi connectivity index (χ2v) is 3.53. The summed E-state index contributed by atoms with van der Waals surface area (Å²) in [4.78, 5) is 11.4. The van der Waals surface area contributed by atoms with E-state index in [2.05, 4.69) is 0 Å². The van der Waals surface area contributed by atoms with Crippen LogP contribution in [0, 0.1) is 0 Å². The van der Waals surface area contributed by atoms with E-state index >= 15 is 0 Å². The molecular weight excluding hydrogens is 235 g/mol. The number of halogens is 3. The Morgan fingerprint density at radius 1 is 1.29 bits per heavy atom. The molecule has 0 amide bonds. The number of carbonyl (C=O) groups excluding carboxylic acids is 1. The van der Waals surface area contributed by atoms with Crippen LogP contribution in [-0.4, -0.2) is 12.4 Å². The van der Waals surface area contributed by atoms with Gasteiger partial charge in [-0.2, -0.15) is 13.2 Å². The van der Waals surface area contributed by atoms with E-state index in [1.807, 2.05) is 0 Å². The van der Waals surface area contributed by atoms with Crippen LogP contribution in [0.3, 0.4) is 0 Å².